The third-order valence-corrected chi connectivity index (χ3v) is 4.11. The van der Waals surface area contributed by atoms with E-state index in [1.807, 2.05) is 24.3 Å². The van der Waals surface area contributed by atoms with Crippen LogP contribution < -0.4 is 5.73 Å². The fourth-order valence-electron chi connectivity index (χ4n) is 1.72. The van der Waals surface area contributed by atoms with E-state index in [0.29, 0.717) is 0 Å². The number of pyridine rings is 1. The molecule has 2 N–H and O–H groups in total. The largest absolute Gasteiger partial charge is 0.329 e. The van der Waals surface area contributed by atoms with Crippen LogP contribution in [0, 0.1) is 0 Å². The van der Waals surface area contributed by atoms with Gasteiger partial charge in [-0.1, -0.05) is 12.1 Å². The van der Waals surface area contributed by atoms with Crippen LogP contribution in [-0.4, -0.2) is 25.7 Å². The second kappa shape index (κ2) is 4.81. The Balaban J connectivity index is 2.31. The van der Waals surface area contributed by atoms with Crippen molar-refractivity contribution in [3.05, 3.63) is 42.1 Å². The SMILES string of the molecule is NCCS(=O)(=O)Cc1ccc2ncccc2c1. The summed E-state index contributed by atoms with van der Waals surface area (Å²) in [7, 11) is -3.10. The van der Waals surface area contributed by atoms with Gasteiger partial charge in [0.2, 0.25) is 0 Å². The summed E-state index contributed by atoms with van der Waals surface area (Å²) in [6.07, 6.45) is 1.72. The van der Waals surface area contributed by atoms with E-state index in [1.165, 1.54) is 0 Å². The zero-order valence-corrected chi connectivity index (χ0v) is 10.2. The molecule has 0 aliphatic heterocycles. The zero-order chi connectivity index (χ0) is 12.3. The molecule has 4 nitrogen and oxygen atoms in total. The topological polar surface area (TPSA) is 73.1 Å². The quantitative estimate of drug-likeness (QED) is 0.882. The van der Waals surface area contributed by atoms with E-state index in [-0.39, 0.29) is 18.1 Å². The molecule has 0 amide bonds. The van der Waals surface area contributed by atoms with Crippen molar-refractivity contribution in [3.63, 3.8) is 0 Å². The first-order valence-corrected chi connectivity index (χ1v) is 7.17. The van der Waals surface area contributed by atoms with Crippen LogP contribution >= 0.6 is 0 Å². The van der Waals surface area contributed by atoms with E-state index in [4.69, 9.17) is 5.73 Å². The fourth-order valence-corrected chi connectivity index (χ4v) is 2.91. The summed E-state index contributed by atoms with van der Waals surface area (Å²) in [4.78, 5) is 4.19. The highest BCUT2D eigenvalue weighted by molar-refractivity contribution is 7.90. The number of aromatic nitrogens is 1. The average molecular weight is 250 g/mol. The number of sulfone groups is 1. The number of rotatable bonds is 4. The lowest BCUT2D eigenvalue weighted by atomic mass is 10.1. The van der Waals surface area contributed by atoms with E-state index in [1.54, 1.807) is 12.3 Å². The van der Waals surface area contributed by atoms with Gasteiger partial charge in [0.1, 0.15) is 0 Å². The standard InChI is InChI=1S/C12H14N2O2S/c13-5-7-17(15,16)9-10-3-4-12-11(8-10)2-1-6-14-12/h1-4,6,8H,5,7,9,13H2. The Bertz CT molecular complexity index is 623. The molecule has 2 aromatic rings. The molecule has 17 heavy (non-hydrogen) atoms. The third kappa shape index (κ3) is 3.01. The number of nitrogens with two attached hydrogens (primary N) is 1. The molecule has 0 fully saturated rings. The molecule has 2 rings (SSSR count). The van der Waals surface area contributed by atoms with E-state index < -0.39 is 9.84 Å². The van der Waals surface area contributed by atoms with E-state index in [2.05, 4.69) is 4.98 Å². The van der Waals surface area contributed by atoms with Crippen LogP contribution in [0.3, 0.4) is 0 Å². The van der Waals surface area contributed by atoms with Crippen molar-refractivity contribution in [2.24, 2.45) is 5.73 Å². The molecule has 0 bridgehead atoms. The summed E-state index contributed by atoms with van der Waals surface area (Å²) in [5.41, 5.74) is 6.91. The maximum Gasteiger partial charge on any atom is 0.155 e. The highest BCUT2D eigenvalue weighted by atomic mass is 32.2. The molecule has 0 saturated heterocycles. The van der Waals surface area contributed by atoms with Crippen LogP contribution in [0.25, 0.3) is 10.9 Å². The molecule has 90 valence electrons. The smallest absolute Gasteiger partial charge is 0.155 e. The summed E-state index contributed by atoms with van der Waals surface area (Å²) in [5, 5.41) is 0.952. The second-order valence-corrected chi connectivity index (χ2v) is 6.10. The minimum Gasteiger partial charge on any atom is -0.329 e. The van der Waals surface area contributed by atoms with Crippen molar-refractivity contribution in [1.29, 1.82) is 0 Å². The molecule has 0 unspecified atom stereocenters. The van der Waals surface area contributed by atoms with Crippen molar-refractivity contribution < 1.29 is 8.42 Å². The Labute approximate surface area is 100 Å². The monoisotopic (exact) mass is 250 g/mol. The molecule has 0 spiro atoms. The number of nitrogens with zero attached hydrogens (tertiary/aromatic N) is 1. The third-order valence-electron chi connectivity index (χ3n) is 2.48. The molecule has 0 saturated carbocycles. The van der Waals surface area contributed by atoms with Crippen LogP contribution in [0.1, 0.15) is 5.56 Å². The Hall–Kier alpha value is -1.46. The number of fused-ring (bicyclic) bond motifs is 1. The van der Waals surface area contributed by atoms with Crippen molar-refractivity contribution >= 4 is 20.7 Å². The lowest BCUT2D eigenvalue weighted by molar-refractivity contribution is 0.595. The Morgan fingerprint density at radius 3 is 2.82 bits per heavy atom. The van der Waals surface area contributed by atoms with E-state index >= 15 is 0 Å². The summed E-state index contributed by atoms with van der Waals surface area (Å²) in [5.74, 6) is 0.0626. The van der Waals surface area contributed by atoms with Gasteiger partial charge in [0.25, 0.3) is 0 Å². The number of benzene rings is 1. The average Bonchev–Trinajstić information content (AvgIpc) is 2.28. The van der Waals surface area contributed by atoms with Gasteiger partial charge in [-0.3, -0.25) is 4.98 Å². The van der Waals surface area contributed by atoms with Gasteiger partial charge >= 0.3 is 0 Å². The predicted molar refractivity (Wildman–Crippen MR) is 68.3 cm³/mol. The molecule has 1 aromatic carbocycles. The summed E-state index contributed by atoms with van der Waals surface area (Å²) in [6.45, 7) is 0.164. The van der Waals surface area contributed by atoms with Gasteiger partial charge < -0.3 is 5.73 Å². The molecule has 0 aliphatic carbocycles. The molecule has 5 heteroatoms. The lowest BCUT2D eigenvalue weighted by Gasteiger charge is -2.04. The molecule has 0 radical (unpaired) electrons. The van der Waals surface area contributed by atoms with E-state index in [9.17, 15) is 8.42 Å². The van der Waals surface area contributed by atoms with Gasteiger partial charge in [-0.2, -0.15) is 0 Å². The number of hydrogen-bond acceptors (Lipinski definition) is 4. The van der Waals surface area contributed by atoms with Gasteiger partial charge in [-0.05, 0) is 23.8 Å². The van der Waals surface area contributed by atoms with Crippen LogP contribution in [0.15, 0.2) is 36.5 Å². The van der Waals surface area contributed by atoms with Crippen LogP contribution in [0.5, 0.6) is 0 Å². The lowest BCUT2D eigenvalue weighted by Crippen LogP contribution is -2.17. The summed E-state index contributed by atoms with van der Waals surface area (Å²) >= 11 is 0. The molecule has 1 aromatic heterocycles. The second-order valence-electron chi connectivity index (χ2n) is 3.91. The molecular formula is C12H14N2O2S. The molecular weight excluding hydrogens is 236 g/mol. The highest BCUT2D eigenvalue weighted by Gasteiger charge is 2.10. The maximum absolute atomic E-state index is 11.6. The minimum atomic E-state index is -3.10. The Morgan fingerprint density at radius 2 is 2.06 bits per heavy atom. The minimum absolute atomic E-state index is 0.0259. The van der Waals surface area contributed by atoms with Crippen molar-refractivity contribution in [2.75, 3.05) is 12.3 Å². The van der Waals surface area contributed by atoms with Crippen LogP contribution in [-0.2, 0) is 15.6 Å². The normalized spacial score (nSPS) is 11.8. The fraction of sp³-hybridized carbons (Fsp3) is 0.250. The predicted octanol–water partition coefficient (Wildman–Crippen LogP) is 1.11. The molecule has 0 aliphatic rings. The number of hydrogen-bond donors (Lipinski definition) is 1. The van der Waals surface area contributed by atoms with Gasteiger partial charge in [0.05, 0.1) is 17.0 Å². The highest BCUT2D eigenvalue weighted by Crippen LogP contribution is 2.15. The zero-order valence-electron chi connectivity index (χ0n) is 9.33. The summed E-state index contributed by atoms with van der Waals surface area (Å²) in [6, 6.07) is 9.24. The Kier molecular flexibility index (Phi) is 3.40. The van der Waals surface area contributed by atoms with Gasteiger partial charge in [0, 0.05) is 18.1 Å². The Morgan fingerprint density at radius 1 is 1.24 bits per heavy atom. The first-order valence-electron chi connectivity index (χ1n) is 5.35. The van der Waals surface area contributed by atoms with Crippen LogP contribution in [0.4, 0.5) is 0 Å². The molecule has 1 heterocycles. The maximum atomic E-state index is 11.6. The van der Waals surface area contributed by atoms with Crippen molar-refractivity contribution in [3.8, 4) is 0 Å². The summed E-state index contributed by atoms with van der Waals surface area (Å²) < 4.78 is 23.3. The van der Waals surface area contributed by atoms with Gasteiger partial charge in [0.15, 0.2) is 9.84 Å². The first-order chi connectivity index (χ1) is 8.11. The van der Waals surface area contributed by atoms with Crippen LogP contribution in [0.2, 0.25) is 0 Å². The van der Waals surface area contributed by atoms with Crippen molar-refractivity contribution in [2.45, 2.75) is 5.75 Å². The first kappa shape index (κ1) is 12.0. The van der Waals surface area contributed by atoms with E-state index in [0.717, 1.165) is 16.5 Å². The van der Waals surface area contributed by atoms with Crippen molar-refractivity contribution in [1.82, 2.24) is 4.98 Å². The van der Waals surface area contributed by atoms with Gasteiger partial charge in [-0.15, -0.1) is 0 Å². The van der Waals surface area contributed by atoms with Gasteiger partial charge in [-0.25, -0.2) is 8.42 Å². The molecule has 0 atom stereocenters.